The molecule has 2 N–H and O–H groups in total. The van der Waals surface area contributed by atoms with Gasteiger partial charge in [-0.05, 0) is 34.1 Å². The summed E-state index contributed by atoms with van der Waals surface area (Å²) in [6.45, 7) is 0.766. The number of halogens is 1. The molecular weight excluding hydrogens is 316 g/mol. The molecule has 0 radical (unpaired) electrons. The molecule has 0 spiro atoms. The molecule has 1 aromatic heterocycles. The van der Waals surface area contributed by atoms with Gasteiger partial charge in [0.05, 0.1) is 16.8 Å². The first kappa shape index (κ1) is 13.0. The molecule has 4 nitrogen and oxygen atoms in total. The Balaban J connectivity index is 1.94. The van der Waals surface area contributed by atoms with Gasteiger partial charge in [0.25, 0.3) is 0 Å². The van der Waals surface area contributed by atoms with Gasteiger partial charge in [0, 0.05) is 28.5 Å². The van der Waals surface area contributed by atoms with Gasteiger partial charge in [0.1, 0.15) is 0 Å². The molecular formula is C12H11BrN2O2S. The van der Waals surface area contributed by atoms with Crippen LogP contribution in [0, 0.1) is 0 Å². The third kappa shape index (κ3) is 3.30. The molecule has 0 unspecified atom stereocenters. The maximum absolute atomic E-state index is 10.8. The topological polar surface area (TPSA) is 62.2 Å². The van der Waals surface area contributed by atoms with E-state index in [-0.39, 0.29) is 5.56 Å². The molecule has 2 rings (SSSR count). The Morgan fingerprint density at radius 1 is 1.50 bits per heavy atom. The molecule has 0 saturated heterocycles. The Hall–Kier alpha value is -1.40. The lowest BCUT2D eigenvalue weighted by Gasteiger charge is -2.07. The standard InChI is InChI=1S/C12H11BrN2O2S/c13-11-5-8(1-2-10(11)12(16)17)14-4-3-9-6-18-7-15-9/h1-2,5-7,14H,3-4H2,(H,16,17). The summed E-state index contributed by atoms with van der Waals surface area (Å²) in [7, 11) is 0. The van der Waals surface area contributed by atoms with Crippen molar-refractivity contribution in [3.63, 3.8) is 0 Å². The van der Waals surface area contributed by atoms with Crippen LogP contribution in [0.4, 0.5) is 5.69 Å². The fourth-order valence-corrected chi connectivity index (χ4v) is 2.64. The summed E-state index contributed by atoms with van der Waals surface area (Å²) in [5.74, 6) is -0.934. The van der Waals surface area contributed by atoms with Crippen LogP contribution in [0.5, 0.6) is 0 Å². The lowest BCUT2D eigenvalue weighted by molar-refractivity contribution is 0.0696. The van der Waals surface area contributed by atoms with Crippen molar-refractivity contribution in [1.29, 1.82) is 0 Å². The molecule has 1 aromatic carbocycles. The number of rotatable bonds is 5. The number of benzene rings is 1. The normalized spacial score (nSPS) is 10.3. The fourth-order valence-electron chi connectivity index (χ4n) is 1.49. The molecule has 0 saturated carbocycles. The predicted molar refractivity (Wildman–Crippen MR) is 75.4 cm³/mol. The van der Waals surface area contributed by atoms with Crippen LogP contribution in [-0.2, 0) is 6.42 Å². The van der Waals surface area contributed by atoms with E-state index in [0.717, 1.165) is 24.3 Å². The number of anilines is 1. The second kappa shape index (κ2) is 5.97. The van der Waals surface area contributed by atoms with E-state index in [4.69, 9.17) is 5.11 Å². The molecule has 0 fully saturated rings. The van der Waals surface area contributed by atoms with E-state index in [0.29, 0.717) is 4.47 Å². The number of hydrogen-bond acceptors (Lipinski definition) is 4. The van der Waals surface area contributed by atoms with Gasteiger partial charge in [-0.2, -0.15) is 0 Å². The maximum atomic E-state index is 10.8. The number of aromatic nitrogens is 1. The van der Waals surface area contributed by atoms with Gasteiger partial charge in [0.2, 0.25) is 0 Å². The highest BCUT2D eigenvalue weighted by Gasteiger charge is 2.08. The van der Waals surface area contributed by atoms with Crippen LogP contribution in [0.1, 0.15) is 16.1 Å². The number of carboxylic acid groups (broad SMARTS) is 1. The highest BCUT2D eigenvalue weighted by atomic mass is 79.9. The quantitative estimate of drug-likeness (QED) is 0.885. The average Bonchev–Trinajstić information content (AvgIpc) is 2.81. The minimum absolute atomic E-state index is 0.264. The van der Waals surface area contributed by atoms with E-state index in [9.17, 15) is 4.79 Å². The number of thiazole rings is 1. The number of aromatic carboxylic acids is 1. The summed E-state index contributed by atoms with van der Waals surface area (Å²) >= 11 is 4.83. The van der Waals surface area contributed by atoms with Crippen LogP contribution >= 0.6 is 27.3 Å². The predicted octanol–water partition coefficient (Wildman–Crippen LogP) is 3.26. The van der Waals surface area contributed by atoms with Crippen LogP contribution in [0.2, 0.25) is 0 Å². The highest BCUT2D eigenvalue weighted by molar-refractivity contribution is 9.10. The first-order valence-corrected chi connectivity index (χ1v) is 7.04. The Labute approximate surface area is 117 Å². The number of hydrogen-bond donors (Lipinski definition) is 2. The number of carbonyl (C=O) groups is 1. The van der Waals surface area contributed by atoms with Crippen LogP contribution in [0.15, 0.2) is 33.6 Å². The minimum Gasteiger partial charge on any atom is -0.478 e. The third-order valence-corrected chi connectivity index (χ3v) is 3.68. The molecule has 18 heavy (non-hydrogen) atoms. The molecule has 1 heterocycles. The van der Waals surface area contributed by atoms with Crippen molar-refractivity contribution in [2.24, 2.45) is 0 Å². The first-order valence-electron chi connectivity index (χ1n) is 5.30. The summed E-state index contributed by atoms with van der Waals surface area (Å²) in [4.78, 5) is 15.0. The Kier molecular flexibility index (Phi) is 4.33. The molecule has 0 aliphatic carbocycles. The third-order valence-electron chi connectivity index (χ3n) is 2.39. The average molecular weight is 327 g/mol. The van der Waals surface area contributed by atoms with Gasteiger partial charge in [-0.25, -0.2) is 9.78 Å². The lowest BCUT2D eigenvalue weighted by atomic mass is 10.2. The number of nitrogens with zero attached hydrogens (tertiary/aromatic N) is 1. The van der Waals surface area contributed by atoms with Crippen LogP contribution < -0.4 is 5.32 Å². The first-order chi connectivity index (χ1) is 8.66. The largest absolute Gasteiger partial charge is 0.478 e. The summed E-state index contributed by atoms with van der Waals surface area (Å²) < 4.78 is 0.577. The van der Waals surface area contributed by atoms with E-state index < -0.39 is 5.97 Å². The van der Waals surface area contributed by atoms with E-state index in [1.807, 2.05) is 10.9 Å². The van der Waals surface area contributed by atoms with E-state index in [1.54, 1.807) is 29.5 Å². The molecule has 6 heteroatoms. The van der Waals surface area contributed by atoms with Gasteiger partial charge in [0.15, 0.2) is 0 Å². The lowest BCUT2D eigenvalue weighted by Crippen LogP contribution is -2.06. The summed E-state index contributed by atoms with van der Waals surface area (Å²) in [6, 6.07) is 5.11. The van der Waals surface area contributed by atoms with Crippen LogP contribution in [0.3, 0.4) is 0 Å². The van der Waals surface area contributed by atoms with E-state index >= 15 is 0 Å². The van der Waals surface area contributed by atoms with Gasteiger partial charge >= 0.3 is 5.97 Å². The Morgan fingerprint density at radius 3 is 2.94 bits per heavy atom. The second-order valence-electron chi connectivity index (χ2n) is 3.66. The SMILES string of the molecule is O=C(O)c1ccc(NCCc2cscn2)cc1Br. The Morgan fingerprint density at radius 2 is 2.33 bits per heavy atom. The van der Waals surface area contributed by atoms with Gasteiger partial charge in [-0.1, -0.05) is 0 Å². The van der Waals surface area contributed by atoms with Crippen molar-refractivity contribution in [3.05, 3.63) is 44.8 Å². The van der Waals surface area contributed by atoms with Gasteiger partial charge < -0.3 is 10.4 Å². The van der Waals surface area contributed by atoms with Crippen LogP contribution in [-0.4, -0.2) is 22.6 Å². The maximum Gasteiger partial charge on any atom is 0.336 e. The van der Waals surface area contributed by atoms with Crippen molar-refractivity contribution >= 4 is 38.9 Å². The zero-order chi connectivity index (χ0) is 13.0. The smallest absolute Gasteiger partial charge is 0.336 e. The van der Waals surface area contributed by atoms with Crippen molar-refractivity contribution in [3.8, 4) is 0 Å². The number of nitrogens with one attached hydrogen (secondary N) is 1. The summed E-state index contributed by atoms with van der Waals surface area (Å²) in [6.07, 6.45) is 0.849. The number of carboxylic acids is 1. The van der Waals surface area contributed by atoms with Crippen molar-refractivity contribution in [2.75, 3.05) is 11.9 Å². The molecule has 0 aliphatic heterocycles. The second-order valence-corrected chi connectivity index (χ2v) is 5.23. The molecule has 0 aliphatic rings. The minimum atomic E-state index is -0.934. The van der Waals surface area contributed by atoms with Gasteiger partial charge in [-0.3, -0.25) is 0 Å². The molecule has 0 atom stereocenters. The van der Waals surface area contributed by atoms with E-state index in [2.05, 4.69) is 26.2 Å². The zero-order valence-electron chi connectivity index (χ0n) is 9.39. The van der Waals surface area contributed by atoms with E-state index in [1.165, 1.54) is 0 Å². The monoisotopic (exact) mass is 326 g/mol. The molecule has 94 valence electrons. The summed E-state index contributed by atoms with van der Waals surface area (Å²) in [5, 5.41) is 14.2. The molecule has 0 amide bonds. The van der Waals surface area contributed by atoms with Gasteiger partial charge in [-0.15, -0.1) is 11.3 Å². The fraction of sp³-hybridized carbons (Fsp3) is 0.167. The zero-order valence-corrected chi connectivity index (χ0v) is 11.8. The molecule has 2 aromatic rings. The van der Waals surface area contributed by atoms with Crippen molar-refractivity contribution in [2.45, 2.75) is 6.42 Å². The summed E-state index contributed by atoms with van der Waals surface area (Å²) in [5.41, 5.74) is 4.03. The van der Waals surface area contributed by atoms with Crippen molar-refractivity contribution < 1.29 is 9.90 Å². The molecule has 0 bridgehead atoms. The highest BCUT2D eigenvalue weighted by Crippen LogP contribution is 2.21. The van der Waals surface area contributed by atoms with Crippen LogP contribution in [0.25, 0.3) is 0 Å². The Bertz CT molecular complexity index is 543. The van der Waals surface area contributed by atoms with Crippen molar-refractivity contribution in [1.82, 2.24) is 4.98 Å².